The van der Waals surface area contributed by atoms with Crippen molar-refractivity contribution in [3.8, 4) is 33.4 Å². The van der Waals surface area contributed by atoms with Crippen LogP contribution >= 0.6 is 0 Å². The van der Waals surface area contributed by atoms with Crippen LogP contribution in [0.4, 0.5) is 0 Å². The molecule has 6 aromatic rings. The van der Waals surface area contributed by atoms with Crippen molar-refractivity contribution in [1.29, 1.82) is 0 Å². The maximum atomic E-state index is 4.09. The number of H-pyrrole nitrogens is 1. The fraction of sp³-hybridized carbons (Fsp3) is 0. The number of nitrogens with one attached hydrogen (secondary N) is 1. The zero-order valence-electron chi connectivity index (χ0n) is 17.5. The molecule has 0 aliphatic rings. The third-order valence-corrected chi connectivity index (χ3v) is 6.64. The van der Waals surface area contributed by atoms with Crippen LogP contribution in [0.3, 0.4) is 0 Å². The summed E-state index contributed by atoms with van der Waals surface area (Å²) in [7, 11) is 4.09. The van der Waals surface area contributed by atoms with Gasteiger partial charge >= 0.3 is 0 Å². The lowest BCUT2D eigenvalue weighted by atomic mass is 9.84. The molecular formula is C30H20NSi. The van der Waals surface area contributed by atoms with Gasteiger partial charge < -0.3 is 4.98 Å². The van der Waals surface area contributed by atoms with Gasteiger partial charge in [0, 0.05) is 27.4 Å². The van der Waals surface area contributed by atoms with Gasteiger partial charge in [-0.25, -0.2) is 0 Å². The zero-order valence-corrected chi connectivity index (χ0v) is 18.5. The monoisotopic (exact) mass is 422 g/mol. The molecule has 0 fully saturated rings. The standard InChI is InChI=1S/C30H20NSi/c32-30-27(22-16-8-3-9-17-22)25(20-12-4-1-5-13-20)26(21-14-6-2-7-15-21)28-23-18-10-11-19-24(23)31-29(28)30/h1-19,31H. The second kappa shape index (κ2) is 7.67. The van der Waals surface area contributed by atoms with E-state index in [0.29, 0.717) is 0 Å². The number of benzene rings is 5. The van der Waals surface area contributed by atoms with Gasteiger partial charge in [-0.15, -0.1) is 0 Å². The van der Waals surface area contributed by atoms with Gasteiger partial charge in [-0.1, -0.05) is 109 Å². The van der Waals surface area contributed by atoms with E-state index >= 15 is 0 Å². The largest absolute Gasteiger partial charge is 0.355 e. The van der Waals surface area contributed by atoms with Crippen LogP contribution in [0.2, 0.25) is 0 Å². The number of fused-ring (bicyclic) bond motifs is 3. The molecule has 1 heterocycles. The highest BCUT2D eigenvalue weighted by Crippen LogP contribution is 2.45. The fourth-order valence-corrected chi connectivity index (χ4v) is 5.23. The number of rotatable bonds is 3. The van der Waals surface area contributed by atoms with Crippen molar-refractivity contribution in [3.05, 3.63) is 115 Å². The van der Waals surface area contributed by atoms with Gasteiger partial charge in [0.25, 0.3) is 0 Å². The summed E-state index contributed by atoms with van der Waals surface area (Å²) in [6.07, 6.45) is 0. The van der Waals surface area contributed by atoms with E-state index in [1.807, 2.05) is 0 Å². The van der Waals surface area contributed by atoms with Crippen molar-refractivity contribution in [2.45, 2.75) is 0 Å². The summed E-state index contributed by atoms with van der Waals surface area (Å²) in [5, 5.41) is 3.56. The molecule has 1 nitrogen and oxygen atoms in total. The Hall–Kier alpha value is -3.88. The van der Waals surface area contributed by atoms with E-state index in [4.69, 9.17) is 0 Å². The van der Waals surface area contributed by atoms with E-state index < -0.39 is 0 Å². The molecule has 0 unspecified atom stereocenters. The first kappa shape index (κ1) is 18.9. The van der Waals surface area contributed by atoms with Crippen LogP contribution in [0.1, 0.15) is 0 Å². The van der Waals surface area contributed by atoms with E-state index in [2.05, 4.69) is 130 Å². The molecule has 0 bridgehead atoms. The quantitative estimate of drug-likeness (QED) is 0.292. The van der Waals surface area contributed by atoms with E-state index in [1.165, 1.54) is 44.2 Å². The van der Waals surface area contributed by atoms with E-state index in [1.54, 1.807) is 0 Å². The highest BCUT2D eigenvalue weighted by molar-refractivity contribution is 6.45. The van der Waals surface area contributed by atoms with E-state index in [0.717, 1.165) is 16.2 Å². The second-order valence-corrected chi connectivity index (χ2v) is 8.52. The summed E-state index contributed by atoms with van der Waals surface area (Å²) in [6.45, 7) is 0. The minimum absolute atomic E-state index is 1.08. The molecule has 0 spiro atoms. The minimum Gasteiger partial charge on any atom is -0.355 e. The summed E-state index contributed by atoms with van der Waals surface area (Å²) in [5.74, 6) is 0. The van der Waals surface area contributed by atoms with E-state index in [-0.39, 0.29) is 0 Å². The number of hydrogen-bond donors (Lipinski definition) is 1. The van der Waals surface area contributed by atoms with Crippen molar-refractivity contribution < 1.29 is 0 Å². The predicted octanol–water partition coefficient (Wildman–Crippen LogP) is 7.12. The lowest BCUT2D eigenvalue weighted by Gasteiger charge is -2.21. The maximum absolute atomic E-state index is 4.09. The van der Waals surface area contributed by atoms with Gasteiger partial charge in [-0.2, -0.15) is 0 Å². The molecule has 0 atom stereocenters. The summed E-state index contributed by atoms with van der Waals surface area (Å²) in [5.41, 5.74) is 9.57. The van der Waals surface area contributed by atoms with Gasteiger partial charge in [0.2, 0.25) is 0 Å². The smallest absolute Gasteiger partial charge is 0.0750 e. The number of para-hydroxylation sites is 1. The Labute approximate surface area is 190 Å². The van der Waals surface area contributed by atoms with Gasteiger partial charge in [-0.05, 0) is 39.1 Å². The molecule has 1 N–H and O–H groups in total. The zero-order chi connectivity index (χ0) is 21.5. The Kier molecular flexibility index (Phi) is 4.52. The first-order chi connectivity index (χ1) is 15.8. The van der Waals surface area contributed by atoms with Crippen LogP contribution in [0, 0.1) is 0 Å². The van der Waals surface area contributed by atoms with Crippen molar-refractivity contribution in [2.24, 2.45) is 0 Å². The van der Waals surface area contributed by atoms with Crippen LogP contribution < -0.4 is 5.19 Å². The fourth-order valence-electron chi connectivity index (χ4n) is 4.77. The van der Waals surface area contributed by atoms with Crippen molar-refractivity contribution in [1.82, 2.24) is 4.98 Å². The summed E-state index contributed by atoms with van der Waals surface area (Å²) < 4.78 is 0. The average Bonchev–Trinajstić information content (AvgIpc) is 3.25. The third-order valence-electron chi connectivity index (χ3n) is 6.14. The molecule has 6 rings (SSSR count). The molecular weight excluding hydrogens is 402 g/mol. The van der Waals surface area contributed by atoms with Crippen LogP contribution in [0.15, 0.2) is 115 Å². The van der Waals surface area contributed by atoms with Crippen molar-refractivity contribution in [2.75, 3.05) is 0 Å². The second-order valence-electron chi connectivity index (χ2n) is 8.02. The SMILES string of the molecule is [Si]c1c(-c2ccccc2)c(-c2ccccc2)c(-c2ccccc2)c2c1[nH]c1ccccc12. The minimum atomic E-state index is 1.08. The Morgan fingerprint density at radius 3 is 1.53 bits per heavy atom. The van der Waals surface area contributed by atoms with Crippen LogP contribution in [0.25, 0.3) is 55.2 Å². The normalized spacial score (nSPS) is 11.3. The summed E-state index contributed by atoms with van der Waals surface area (Å²) >= 11 is 0. The molecule has 1 aromatic heterocycles. The van der Waals surface area contributed by atoms with Crippen molar-refractivity contribution in [3.63, 3.8) is 0 Å². The highest BCUT2D eigenvalue weighted by Gasteiger charge is 2.23. The number of hydrogen-bond acceptors (Lipinski definition) is 0. The average molecular weight is 423 g/mol. The lowest BCUT2D eigenvalue weighted by molar-refractivity contribution is 1.55. The molecule has 32 heavy (non-hydrogen) atoms. The highest BCUT2D eigenvalue weighted by atomic mass is 28.1. The first-order valence-corrected chi connectivity index (χ1v) is 11.3. The predicted molar refractivity (Wildman–Crippen MR) is 138 cm³/mol. The first-order valence-electron chi connectivity index (χ1n) is 10.8. The molecule has 0 amide bonds. The Morgan fingerprint density at radius 2 is 0.938 bits per heavy atom. The topological polar surface area (TPSA) is 15.8 Å². The van der Waals surface area contributed by atoms with Crippen LogP contribution in [-0.4, -0.2) is 15.2 Å². The van der Waals surface area contributed by atoms with Gasteiger partial charge in [0.1, 0.15) is 0 Å². The molecule has 2 heteroatoms. The molecule has 0 aliphatic heterocycles. The summed E-state index contributed by atoms with van der Waals surface area (Å²) in [6, 6.07) is 40.7. The summed E-state index contributed by atoms with van der Waals surface area (Å²) in [4.78, 5) is 3.70. The van der Waals surface area contributed by atoms with Crippen LogP contribution in [-0.2, 0) is 0 Å². The van der Waals surface area contributed by atoms with Gasteiger partial charge in [0.15, 0.2) is 0 Å². The molecule has 149 valence electrons. The maximum Gasteiger partial charge on any atom is 0.0750 e. The molecule has 5 aromatic carbocycles. The lowest BCUT2D eigenvalue weighted by Crippen LogP contribution is -2.12. The Morgan fingerprint density at radius 1 is 0.469 bits per heavy atom. The third kappa shape index (κ3) is 2.92. The Balaban J connectivity index is 1.90. The molecule has 0 saturated heterocycles. The molecule has 0 aliphatic carbocycles. The molecule has 0 saturated carbocycles. The van der Waals surface area contributed by atoms with Crippen molar-refractivity contribution >= 4 is 37.2 Å². The van der Waals surface area contributed by atoms with Gasteiger partial charge in [-0.3, -0.25) is 0 Å². The van der Waals surface area contributed by atoms with E-state index in [9.17, 15) is 0 Å². The van der Waals surface area contributed by atoms with Gasteiger partial charge in [0.05, 0.1) is 10.2 Å². The number of aromatic amines is 1. The molecule has 3 radical (unpaired) electrons. The van der Waals surface area contributed by atoms with Crippen LogP contribution in [0.5, 0.6) is 0 Å². The Bertz CT molecular complexity index is 1550. The number of aromatic nitrogens is 1.